The first-order valence-corrected chi connectivity index (χ1v) is 6.18. The number of halogens is 3. The number of aliphatic hydroxyl groups is 1. The van der Waals surface area contributed by atoms with Crippen LogP contribution in [-0.2, 0) is 6.54 Å². The van der Waals surface area contributed by atoms with Crippen LogP contribution < -0.4 is 0 Å². The van der Waals surface area contributed by atoms with E-state index in [1.54, 1.807) is 6.20 Å². The van der Waals surface area contributed by atoms with Crippen LogP contribution in [0.25, 0.3) is 0 Å². The van der Waals surface area contributed by atoms with Gasteiger partial charge in [0.2, 0.25) is 0 Å². The highest BCUT2D eigenvalue weighted by atomic mass is 32.1. The van der Waals surface area contributed by atoms with E-state index in [4.69, 9.17) is 0 Å². The van der Waals surface area contributed by atoms with Crippen LogP contribution in [0.3, 0.4) is 0 Å². The van der Waals surface area contributed by atoms with Crippen LogP contribution in [-0.4, -0.2) is 39.9 Å². The van der Waals surface area contributed by atoms with E-state index in [0.29, 0.717) is 6.54 Å². The summed E-state index contributed by atoms with van der Waals surface area (Å²) in [6.45, 7) is 1.05. The van der Waals surface area contributed by atoms with E-state index in [2.05, 4.69) is 4.98 Å². The summed E-state index contributed by atoms with van der Waals surface area (Å²) in [6.07, 6.45) is -3.37. The average molecular weight is 266 g/mol. The van der Waals surface area contributed by atoms with Crippen molar-refractivity contribution in [3.8, 4) is 0 Å². The molecule has 3 nitrogen and oxygen atoms in total. The Hall–Kier alpha value is -0.660. The van der Waals surface area contributed by atoms with Crippen molar-refractivity contribution in [1.82, 2.24) is 9.88 Å². The standard InChI is InChI=1S/C10H13F3N2OS/c11-10(12,13)9(16)1-4-15(5-2-9)7-8-14-3-6-17-8/h3,6,16H,1-2,4-5,7H2. The highest BCUT2D eigenvalue weighted by molar-refractivity contribution is 7.09. The van der Waals surface area contributed by atoms with E-state index >= 15 is 0 Å². The topological polar surface area (TPSA) is 36.4 Å². The third-order valence-corrected chi connectivity index (χ3v) is 3.82. The summed E-state index contributed by atoms with van der Waals surface area (Å²) in [7, 11) is 0. The third-order valence-electron chi connectivity index (χ3n) is 3.05. The van der Waals surface area contributed by atoms with Crippen LogP contribution in [0.5, 0.6) is 0 Å². The molecular formula is C10H13F3N2OS. The van der Waals surface area contributed by atoms with Gasteiger partial charge < -0.3 is 5.11 Å². The largest absolute Gasteiger partial charge is 0.417 e. The molecule has 1 saturated heterocycles. The molecule has 0 bridgehead atoms. The van der Waals surface area contributed by atoms with Crippen molar-refractivity contribution in [1.29, 1.82) is 0 Å². The van der Waals surface area contributed by atoms with Gasteiger partial charge in [0.1, 0.15) is 5.01 Å². The molecule has 1 fully saturated rings. The number of hydrogen-bond acceptors (Lipinski definition) is 4. The van der Waals surface area contributed by atoms with Crippen LogP contribution in [0.15, 0.2) is 11.6 Å². The predicted molar refractivity (Wildman–Crippen MR) is 57.6 cm³/mol. The Morgan fingerprint density at radius 1 is 1.41 bits per heavy atom. The Labute approximate surface area is 101 Å². The van der Waals surface area contributed by atoms with Crippen molar-refractivity contribution in [2.45, 2.75) is 31.2 Å². The summed E-state index contributed by atoms with van der Waals surface area (Å²) in [5.74, 6) is 0. The van der Waals surface area contributed by atoms with Gasteiger partial charge in [0.25, 0.3) is 0 Å². The molecule has 7 heteroatoms. The van der Waals surface area contributed by atoms with Gasteiger partial charge in [-0.25, -0.2) is 4.98 Å². The second-order valence-electron chi connectivity index (χ2n) is 4.23. The van der Waals surface area contributed by atoms with Gasteiger partial charge in [0, 0.05) is 24.7 Å². The maximum absolute atomic E-state index is 12.6. The fraction of sp³-hybridized carbons (Fsp3) is 0.700. The van der Waals surface area contributed by atoms with Gasteiger partial charge in [-0.2, -0.15) is 13.2 Å². The van der Waals surface area contributed by atoms with Crippen molar-refractivity contribution >= 4 is 11.3 Å². The molecule has 0 unspecified atom stereocenters. The minimum absolute atomic E-state index is 0.246. The summed E-state index contributed by atoms with van der Waals surface area (Å²) in [6, 6.07) is 0. The van der Waals surface area contributed by atoms with E-state index in [-0.39, 0.29) is 25.9 Å². The molecule has 0 aromatic carbocycles. The van der Waals surface area contributed by atoms with Gasteiger partial charge in [-0.05, 0) is 12.8 Å². The fourth-order valence-electron chi connectivity index (χ4n) is 1.89. The molecule has 1 N–H and O–H groups in total. The van der Waals surface area contributed by atoms with E-state index in [0.717, 1.165) is 5.01 Å². The first-order valence-electron chi connectivity index (χ1n) is 5.30. The van der Waals surface area contributed by atoms with Gasteiger partial charge in [0.15, 0.2) is 5.60 Å². The van der Waals surface area contributed by atoms with Crippen molar-refractivity contribution in [2.75, 3.05) is 13.1 Å². The Balaban J connectivity index is 1.90. The molecule has 0 radical (unpaired) electrons. The van der Waals surface area contributed by atoms with Crippen LogP contribution in [0.4, 0.5) is 13.2 Å². The average Bonchev–Trinajstić information content (AvgIpc) is 2.73. The summed E-state index contributed by atoms with van der Waals surface area (Å²) in [5.41, 5.74) is -2.51. The quantitative estimate of drug-likeness (QED) is 0.890. The number of hydrogen-bond donors (Lipinski definition) is 1. The van der Waals surface area contributed by atoms with Gasteiger partial charge in [0.05, 0.1) is 6.54 Å². The van der Waals surface area contributed by atoms with Crippen LogP contribution in [0, 0.1) is 0 Å². The summed E-state index contributed by atoms with van der Waals surface area (Å²) < 4.78 is 37.7. The van der Waals surface area contributed by atoms with E-state index in [9.17, 15) is 18.3 Å². The Morgan fingerprint density at radius 2 is 2.06 bits per heavy atom. The molecule has 0 spiro atoms. The number of alkyl halides is 3. The molecule has 2 heterocycles. The summed E-state index contributed by atoms with van der Waals surface area (Å²) in [4.78, 5) is 5.98. The third kappa shape index (κ3) is 2.78. The van der Waals surface area contributed by atoms with Gasteiger partial charge in [-0.15, -0.1) is 11.3 Å². The number of nitrogens with zero attached hydrogens (tertiary/aromatic N) is 2. The van der Waals surface area contributed by atoms with Crippen molar-refractivity contribution in [3.05, 3.63) is 16.6 Å². The zero-order valence-electron chi connectivity index (χ0n) is 9.07. The molecule has 0 aliphatic carbocycles. The number of likely N-dealkylation sites (tertiary alicyclic amines) is 1. The van der Waals surface area contributed by atoms with E-state index in [1.807, 2.05) is 10.3 Å². The molecule has 1 aromatic heterocycles. The Bertz CT molecular complexity index is 358. The Morgan fingerprint density at radius 3 is 2.53 bits per heavy atom. The van der Waals surface area contributed by atoms with Crippen LogP contribution in [0.2, 0.25) is 0 Å². The molecule has 96 valence electrons. The normalized spacial score (nSPS) is 21.6. The molecule has 2 rings (SSSR count). The molecule has 17 heavy (non-hydrogen) atoms. The molecule has 0 amide bonds. The highest BCUT2D eigenvalue weighted by Crippen LogP contribution is 2.38. The summed E-state index contributed by atoms with van der Waals surface area (Å²) >= 11 is 1.48. The van der Waals surface area contributed by atoms with Crippen molar-refractivity contribution in [3.63, 3.8) is 0 Å². The van der Waals surface area contributed by atoms with Crippen molar-refractivity contribution in [2.24, 2.45) is 0 Å². The lowest BCUT2D eigenvalue weighted by Crippen LogP contribution is -2.53. The highest BCUT2D eigenvalue weighted by Gasteiger charge is 2.54. The molecule has 1 aliphatic heterocycles. The lowest BCUT2D eigenvalue weighted by molar-refractivity contribution is -0.272. The molecule has 1 aliphatic rings. The first kappa shape index (κ1) is 12.8. The fourth-order valence-corrected chi connectivity index (χ4v) is 2.54. The Kier molecular flexibility index (Phi) is 3.42. The number of piperidine rings is 1. The summed E-state index contributed by atoms with van der Waals surface area (Å²) in [5, 5.41) is 12.2. The second-order valence-corrected chi connectivity index (χ2v) is 5.21. The monoisotopic (exact) mass is 266 g/mol. The minimum atomic E-state index is -4.53. The van der Waals surface area contributed by atoms with Gasteiger partial charge in [-0.3, -0.25) is 4.90 Å². The molecule has 0 saturated carbocycles. The smallest absolute Gasteiger partial charge is 0.380 e. The number of rotatable bonds is 2. The second kappa shape index (κ2) is 4.55. The van der Waals surface area contributed by atoms with Gasteiger partial charge in [-0.1, -0.05) is 0 Å². The molecule has 1 aromatic rings. The van der Waals surface area contributed by atoms with Crippen LogP contribution >= 0.6 is 11.3 Å². The van der Waals surface area contributed by atoms with E-state index < -0.39 is 11.8 Å². The molecule has 0 atom stereocenters. The number of thiazole rings is 1. The predicted octanol–water partition coefficient (Wildman–Crippen LogP) is 2.03. The maximum Gasteiger partial charge on any atom is 0.417 e. The SMILES string of the molecule is OC1(C(F)(F)F)CCN(Cc2nccs2)CC1. The minimum Gasteiger partial charge on any atom is -0.380 e. The molecular weight excluding hydrogens is 253 g/mol. The maximum atomic E-state index is 12.6. The lowest BCUT2D eigenvalue weighted by atomic mass is 9.91. The zero-order valence-corrected chi connectivity index (χ0v) is 9.89. The van der Waals surface area contributed by atoms with Gasteiger partial charge >= 0.3 is 6.18 Å². The van der Waals surface area contributed by atoms with Crippen LogP contribution in [0.1, 0.15) is 17.8 Å². The van der Waals surface area contributed by atoms with Crippen molar-refractivity contribution < 1.29 is 18.3 Å². The zero-order chi connectivity index (χ0) is 12.5. The number of aromatic nitrogens is 1. The first-order chi connectivity index (χ1) is 7.91. The lowest BCUT2D eigenvalue weighted by Gasteiger charge is -2.38. The van der Waals surface area contributed by atoms with E-state index in [1.165, 1.54) is 11.3 Å².